The highest BCUT2D eigenvalue weighted by Gasteiger charge is 2.25. The Balaban J connectivity index is 1.93. The van der Waals surface area contributed by atoms with Crippen LogP contribution in [0, 0.1) is 11.8 Å². The van der Waals surface area contributed by atoms with Crippen molar-refractivity contribution in [2.24, 2.45) is 11.8 Å². The van der Waals surface area contributed by atoms with Gasteiger partial charge >= 0.3 is 5.97 Å². The molecule has 0 saturated carbocycles. The van der Waals surface area contributed by atoms with E-state index in [1.165, 1.54) is 0 Å². The maximum atomic E-state index is 12.2. The van der Waals surface area contributed by atoms with Crippen molar-refractivity contribution in [1.82, 2.24) is 0 Å². The molecular formula is C17H20O3. The number of carbonyl (C=O) groups is 1. The first-order valence-electron chi connectivity index (χ1n) is 6.89. The molecule has 20 heavy (non-hydrogen) atoms. The first-order chi connectivity index (χ1) is 9.66. The molecule has 1 heterocycles. The average Bonchev–Trinajstić information content (AvgIpc) is 2.96. The second-order valence-electron chi connectivity index (χ2n) is 5.23. The number of furan rings is 1. The Morgan fingerprint density at radius 2 is 1.90 bits per heavy atom. The first kappa shape index (κ1) is 14.4. The van der Waals surface area contributed by atoms with E-state index in [0.717, 1.165) is 11.3 Å². The molecule has 1 aromatic carbocycles. The fraction of sp³-hybridized carbons (Fsp3) is 0.353. The summed E-state index contributed by atoms with van der Waals surface area (Å²) in [7, 11) is 0. The second kappa shape index (κ2) is 6.94. The summed E-state index contributed by atoms with van der Waals surface area (Å²) in [6.45, 7) is 4.37. The van der Waals surface area contributed by atoms with Crippen LogP contribution in [0.1, 0.15) is 25.2 Å². The molecule has 0 spiro atoms. The SMILES string of the molecule is CC(C)C(Cc1ccco1)C(=O)OCc1ccccc1. The van der Waals surface area contributed by atoms with Crippen molar-refractivity contribution in [3.05, 3.63) is 60.1 Å². The number of carbonyl (C=O) groups excluding carboxylic acids is 1. The van der Waals surface area contributed by atoms with Gasteiger partial charge < -0.3 is 9.15 Å². The normalized spacial score (nSPS) is 12.3. The van der Waals surface area contributed by atoms with Crippen molar-refractivity contribution in [3.63, 3.8) is 0 Å². The molecule has 0 aliphatic heterocycles. The van der Waals surface area contributed by atoms with Crippen LogP contribution >= 0.6 is 0 Å². The molecule has 2 aromatic rings. The van der Waals surface area contributed by atoms with Crippen LogP contribution in [0.25, 0.3) is 0 Å². The Morgan fingerprint density at radius 3 is 2.50 bits per heavy atom. The molecule has 3 heteroatoms. The predicted molar refractivity (Wildman–Crippen MR) is 77.0 cm³/mol. The van der Waals surface area contributed by atoms with Gasteiger partial charge in [-0.2, -0.15) is 0 Å². The van der Waals surface area contributed by atoms with E-state index >= 15 is 0 Å². The molecule has 2 rings (SSSR count). The molecule has 1 unspecified atom stereocenters. The third kappa shape index (κ3) is 3.98. The molecule has 0 N–H and O–H groups in total. The van der Waals surface area contributed by atoms with E-state index in [0.29, 0.717) is 13.0 Å². The Morgan fingerprint density at radius 1 is 1.15 bits per heavy atom. The van der Waals surface area contributed by atoms with E-state index in [4.69, 9.17) is 9.15 Å². The van der Waals surface area contributed by atoms with Gasteiger partial charge in [0, 0.05) is 6.42 Å². The van der Waals surface area contributed by atoms with Crippen molar-refractivity contribution in [1.29, 1.82) is 0 Å². The Labute approximate surface area is 119 Å². The minimum Gasteiger partial charge on any atom is -0.469 e. The third-order valence-electron chi connectivity index (χ3n) is 3.33. The zero-order valence-electron chi connectivity index (χ0n) is 11.9. The van der Waals surface area contributed by atoms with Gasteiger partial charge in [-0.3, -0.25) is 4.79 Å². The summed E-state index contributed by atoms with van der Waals surface area (Å²) in [6, 6.07) is 13.4. The highest BCUT2D eigenvalue weighted by molar-refractivity contribution is 5.73. The molecule has 1 aromatic heterocycles. The zero-order chi connectivity index (χ0) is 14.4. The lowest BCUT2D eigenvalue weighted by Gasteiger charge is -2.18. The Hall–Kier alpha value is -2.03. The van der Waals surface area contributed by atoms with Crippen molar-refractivity contribution in [2.75, 3.05) is 0 Å². The maximum Gasteiger partial charge on any atom is 0.309 e. The number of benzene rings is 1. The highest BCUT2D eigenvalue weighted by Crippen LogP contribution is 2.20. The van der Waals surface area contributed by atoms with Crippen LogP contribution in [0.3, 0.4) is 0 Å². The molecule has 1 atom stereocenters. The van der Waals surface area contributed by atoms with Crippen LogP contribution in [-0.2, 0) is 22.6 Å². The third-order valence-corrected chi connectivity index (χ3v) is 3.33. The number of hydrogen-bond acceptors (Lipinski definition) is 3. The lowest BCUT2D eigenvalue weighted by Crippen LogP contribution is -2.24. The fourth-order valence-electron chi connectivity index (χ4n) is 2.07. The van der Waals surface area contributed by atoms with Gasteiger partial charge in [-0.05, 0) is 23.6 Å². The van der Waals surface area contributed by atoms with Crippen molar-refractivity contribution < 1.29 is 13.9 Å². The lowest BCUT2D eigenvalue weighted by atomic mass is 9.91. The molecule has 0 fully saturated rings. The first-order valence-corrected chi connectivity index (χ1v) is 6.89. The Bertz CT molecular complexity index is 514. The quantitative estimate of drug-likeness (QED) is 0.750. The number of hydrogen-bond donors (Lipinski definition) is 0. The summed E-state index contributed by atoms with van der Waals surface area (Å²) in [5, 5.41) is 0. The molecule has 0 aliphatic carbocycles. The van der Waals surface area contributed by atoms with Crippen LogP contribution in [-0.4, -0.2) is 5.97 Å². The molecule has 0 bridgehead atoms. The van der Waals surface area contributed by atoms with Crippen molar-refractivity contribution in [2.45, 2.75) is 26.9 Å². The van der Waals surface area contributed by atoms with Crippen molar-refractivity contribution >= 4 is 5.97 Å². The minimum atomic E-state index is -0.176. The number of rotatable bonds is 6. The van der Waals surface area contributed by atoms with Crippen LogP contribution in [0.5, 0.6) is 0 Å². The van der Waals surface area contributed by atoms with Crippen LogP contribution < -0.4 is 0 Å². The van der Waals surface area contributed by atoms with E-state index < -0.39 is 0 Å². The van der Waals surface area contributed by atoms with Gasteiger partial charge in [0.05, 0.1) is 12.2 Å². The summed E-state index contributed by atoms with van der Waals surface area (Å²) >= 11 is 0. The minimum absolute atomic E-state index is 0.166. The zero-order valence-corrected chi connectivity index (χ0v) is 11.9. The van der Waals surface area contributed by atoms with Gasteiger partial charge in [0.2, 0.25) is 0 Å². The standard InChI is InChI=1S/C17H20O3/c1-13(2)16(11-15-9-6-10-19-15)17(18)20-12-14-7-4-3-5-8-14/h3-10,13,16H,11-12H2,1-2H3. The van der Waals surface area contributed by atoms with Gasteiger partial charge in [-0.15, -0.1) is 0 Å². The van der Waals surface area contributed by atoms with E-state index in [-0.39, 0.29) is 17.8 Å². The van der Waals surface area contributed by atoms with Gasteiger partial charge in [0.15, 0.2) is 0 Å². The summed E-state index contributed by atoms with van der Waals surface area (Å²) < 4.78 is 10.7. The molecule has 0 saturated heterocycles. The number of ether oxygens (including phenoxy) is 1. The fourth-order valence-corrected chi connectivity index (χ4v) is 2.07. The van der Waals surface area contributed by atoms with Crippen molar-refractivity contribution in [3.8, 4) is 0 Å². The number of esters is 1. The molecule has 0 amide bonds. The summed E-state index contributed by atoms with van der Waals surface area (Å²) in [5.74, 6) is 0.689. The van der Waals surface area contributed by atoms with Crippen LogP contribution in [0.2, 0.25) is 0 Å². The van der Waals surface area contributed by atoms with E-state index in [2.05, 4.69) is 0 Å². The van der Waals surface area contributed by atoms with Gasteiger partial charge in [0.1, 0.15) is 12.4 Å². The molecule has 0 radical (unpaired) electrons. The van der Waals surface area contributed by atoms with Gasteiger partial charge in [-0.1, -0.05) is 44.2 Å². The smallest absolute Gasteiger partial charge is 0.309 e. The largest absolute Gasteiger partial charge is 0.469 e. The lowest BCUT2D eigenvalue weighted by molar-refractivity contribution is -0.151. The molecular weight excluding hydrogens is 252 g/mol. The topological polar surface area (TPSA) is 39.4 Å². The highest BCUT2D eigenvalue weighted by atomic mass is 16.5. The summed E-state index contributed by atoms with van der Waals surface area (Å²) in [4.78, 5) is 12.2. The van der Waals surface area contributed by atoms with Gasteiger partial charge in [0.25, 0.3) is 0 Å². The second-order valence-corrected chi connectivity index (χ2v) is 5.23. The Kier molecular flexibility index (Phi) is 4.99. The molecule has 106 valence electrons. The molecule has 0 aliphatic rings. The monoisotopic (exact) mass is 272 g/mol. The van der Waals surface area contributed by atoms with Crippen LogP contribution in [0.15, 0.2) is 53.1 Å². The molecule has 3 nitrogen and oxygen atoms in total. The van der Waals surface area contributed by atoms with Crippen LogP contribution in [0.4, 0.5) is 0 Å². The van der Waals surface area contributed by atoms with Gasteiger partial charge in [-0.25, -0.2) is 0 Å². The van der Waals surface area contributed by atoms with E-state index in [9.17, 15) is 4.79 Å². The maximum absolute atomic E-state index is 12.2. The summed E-state index contributed by atoms with van der Waals surface area (Å²) in [5.41, 5.74) is 1.00. The predicted octanol–water partition coefficient (Wildman–Crippen LogP) is 3.84. The summed E-state index contributed by atoms with van der Waals surface area (Å²) in [6.07, 6.45) is 2.21. The average molecular weight is 272 g/mol. The van der Waals surface area contributed by atoms with E-state index in [1.54, 1.807) is 6.26 Å². The van der Waals surface area contributed by atoms with E-state index in [1.807, 2.05) is 56.3 Å².